The first-order chi connectivity index (χ1) is 8.24. The van der Waals surface area contributed by atoms with Crippen LogP contribution in [0.25, 0.3) is 0 Å². The molecule has 9 heteroatoms. The predicted octanol–water partition coefficient (Wildman–Crippen LogP) is 2.62. The quantitative estimate of drug-likeness (QED) is 0.593. The van der Waals surface area contributed by atoms with Gasteiger partial charge < -0.3 is 9.53 Å². The largest absolute Gasteiger partial charge is 0.456 e. The van der Waals surface area contributed by atoms with E-state index >= 15 is 0 Å². The highest BCUT2D eigenvalue weighted by Crippen LogP contribution is 2.39. The van der Waals surface area contributed by atoms with Gasteiger partial charge in [0.1, 0.15) is 11.9 Å². The van der Waals surface area contributed by atoms with Crippen molar-refractivity contribution < 1.29 is 36.3 Å². The number of nitrogens with zero attached hydrogens (tertiary/aromatic N) is 1. The lowest BCUT2D eigenvalue weighted by molar-refractivity contribution is -0.295. The van der Waals surface area contributed by atoms with Crippen LogP contribution in [0.5, 0.6) is 0 Å². The van der Waals surface area contributed by atoms with Crippen molar-refractivity contribution in [1.82, 2.24) is 4.90 Å². The second kappa shape index (κ2) is 5.30. The van der Waals surface area contributed by atoms with Gasteiger partial charge in [-0.2, -0.15) is 22.0 Å². The number of ether oxygens (including phenoxy) is 1. The topological polar surface area (TPSA) is 46.6 Å². The summed E-state index contributed by atoms with van der Waals surface area (Å²) in [6.07, 6.45) is -8.04. The maximum Gasteiger partial charge on any atom is 0.456 e. The summed E-state index contributed by atoms with van der Waals surface area (Å²) < 4.78 is 67.1. The number of hydrogen-bond donors (Lipinski definition) is 0. The Bertz CT molecular complexity index is 348. The molecule has 19 heavy (non-hydrogen) atoms. The summed E-state index contributed by atoms with van der Waals surface area (Å²) in [7, 11) is 0.632. The Kier molecular flexibility index (Phi) is 4.90. The van der Waals surface area contributed by atoms with Crippen LogP contribution in [0.15, 0.2) is 0 Å². The third kappa shape index (κ3) is 4.32. The van der Waals surface area contributed by atoms with Crippen LogP contribution in [-0.2, 0) is 9.53 Å². The zero-order valence-corrected chi connectivity index (χ0v) is 10.7. The Morgan fingerprint density at radius 3 is 1.84 bits per heavy atom. The fraction of sp³-hybridized carbons (Fsp3) is 0.800. The molecule has 1 amide bonds. The number of carbonyl (C=O) groups excluding carboxylic acids is 2. The number of carbonyl (C=O) groups is 2. The number of rotatable bonds is 3. The minimum atomic E-state index is -5.95. The third-order valence-electron chi connectivity index (χ3n) is 1.98. The summed E-state index contributed by atoms with van der Waals surface area (Å²) in [5, 5.41) is 0. The van der Waals surface area contributed by atoms with Crippen molar-refractivity contribution in [2.45, 2.75) is 44.5 Å². The highest BCUT2D eigenvalue weighted by molar-refractivity contribution is 5.74. The van der Waals surface area contributed by atoms with Crippen LogP contribution in [0.4, 0.5) is 26.7 Å². The number of hydrogen-bond acceptors (Lipinski definition) is 3. The summed E-state index contributed by atoms with van der Waals surface area (Å²) in [5.41, 5.74) is -1.09. The van der Waals surface area contributed by atoms with E-state index in [-0.39, 0.29) is 4.90 Å². The maximum atomic E-state index is 13.0. The number of likely N-dealkylation sites (N-methyl/N-ethyl adjacent to an activating group) is 1. The van der Waals surface area contributed by atoms with E-state index in [9.17, 15) is 31.5 Å². The second-order valence-corrected chi connectivity index (χ2v) is 4.79. The minimum Gasteiger partial charge on any atom is -0.444 e. The van der Waals surface area contributed by atoms with E-state index in [4.69, 9.17) is 0 Å². The van der Waals surface area contributed by atoms with Crippen molar-refractivity contribution in [3.63, 3.8) is 0 Å². The Labute approximate surface area is 106 Å². The van der Waals surface area contributed by atoms with Crippen LogP contribution in [0, 0.1) is 0 Å². The zero-order chi connectivity index (χ0) is 15.6. The molecule has 0 aliphatic carbocycles. The van der Waals surface area contributed by atoms with E-state index in [1.807, 2.05) is 0 Å². The summed E-state index contributed by atoms with van der Waals surface area (Å²) in [4.78, 5) is 21.8. The smallest absolute Gasteiger partial charge is 0.444 e. The van der Waals surface area contributed by atoms with Crippen molar-refractivity contribution in [2.75, 3.05) is 7.05 Å². The molecular formula is C10H14F5NO3. The number of aldehydes is 1. The summed E-state index contributed by atoms with van der Waals surface area (Å²) in [5.74, 6) is -5.36. The Morgan fingerprint density at radius 2 is 1.58 bits per heavy atom. The van der Waals surface area contributed by atoms with Crippen molar-refractivity contribution in [1.29, 1.82) is 0 Å². The van der Waals surface area contributed by atoms with Gasteiger partial charge in [-0.15, -0.1) is 0 Å². The van der Waals surface area contributed by atoms with Crippen LogP contribution in [0.2, 0.25) is 0 Å². The van der Waals surface area contributed by atoms with Crippen molar-refractivity contribution in [3.8, 4) is 0 Å². The summed E-state index contributed by atoms with van der Waals surface area (Å²) in [6, 6.07) is -2.98. The SMILES string of the molecule is CN(C(=O)OC(C)(C)C)C(C=O)C(F)(F)C(F)(F)F. The molecular weight excluding hydrogens is 277 g/mol. The molecule has 0 bridgehead atoms. The Morgan fingerprint density at radius 1 is 1.16 bits per heavy atom. The Balaban J connectivity index is 5.18. The molecule has 0 radical (unpaired) electrons. The summed E-state index contributed by atoms with van der Waals surface area (Å²) >= 11 is 0. The molecule has 112 valence electrons. The fourth-order valence-electron chi connectivity index (χ4n) is 1.04. The van der Waals surface area contributed by atoms with Gasteiger partial charge in [-0.25, -0.2) is 4.79 Å². The van der Waals surface area contributed by atoms with Gasteiger partial charge in [-0.05, 0) is 20.8 Å². The van der Waals surface area contributed by atoms with Gasteiger partial charge in [0.05, 0.1) is 0 Å². The molecule has 0 fully saturated rings. The third-order valence-corrected chi connectivity index (χ3v) is 1.98. The molecule has 4 nitrogen and oxygen atoms in total. The van der Waals surface area contributed by atoms with Crippen LogP contribution in [-0.4, -0.2) is 48.1 Å². The number of amides is 1. The molecule has 0 N–H and O–H groups in total. The molecule has 0 spiro atoms. The average molecular weight is 291 g/mol. The lowest BCUT2D eigenvalue weighted by atomic mass is 10.1. The van der Waals surface area contributed by atoms with E-state index in [1.54, 1.807) is 0 Å². The molecule has 0 saturated carbocycles. The molecule has 0 rings (SSSR count). The fourth-order valence-corrected chi connectivity index (χ4v) is 1.04. The predicted molar refractivity (Wildman–Crippen MR) is 54.9 cm³/mol. The molecule has 0 aliphatic heterocycles. The van der Waals surface area contributed by atoms with Gasteiger partial charge in [-0.1, -0.05) is 0 Å². The maximum absolute atomic E-state index is 13.0. The minimum absolute atomic E-state index is 0.0776. The van der Waals surface area contributed by atoms with Gasteiger partial charge in [0.2, 0.25) is 0 Å². The van der Waals surface area contributed by atoms with Gasteiger partial charge >= 0.3 is 18.2 Å². The van der Waals surface area contributed by atoms with Crippen LogP contribution in [0.1, 0.15) is 20.8 Å². The lowest BCUT2D eigenvalue weighted by Gasteiger charge is -2.32. The first kappa shape index (κ1) is 17.6. The van der Waals surface area contributed by atoms with Gasteiger partial charge in [0.25, 0.3) is 0 Å². The zero-order valence-electron chi connectivity index (χ0n) is 10.7. The molecule has 0 saturated heterocycles. The molecule has 0 aromatic carbocycles. The second-order valence-electron chi connectivity index (χ2n) is 4.79. The van der Waals surface area contributed by atoms with E-state index in [1.165, 1.54) is 20.8 Å². The van der Waals surface area contributed by atoms with E-state index in [2.05, 4.69) is 4.74 Å². The first-order valence-electron chi connectivity index (χ1n) is 5.09. The monoisotopic (exact) mass is 291 g/mol. The molecule has 1 atom stereocenters. The van der Waals surface area contributed by atoms with Crippen LogP contribution >= 0.6 is 0 Å². The lowest BCUT2D eigenvalue weighted by Crippen LogP contribution is -2.57. The highest BCUT2D eigenvalue weighted by Gasteiger charge is 2.64. The molecule has 0 heterocycles. The van der Waals surface area contributed by atoms with Crippen LogP contribution in [0.3, 0.4) is 0 Å². The van der Waals surface area contributed by atoms with Gasteiger partial charge in [0.15, 0.2) is 6.04 Å². The molecule has 0 aliphatic rings. The van der Waals surface area contributed by atoms with E-state index < -0.39 is 36.1 Å². The average Bonchev–Trinajstić information content (AvgIpc) is 2.13. The highest BCUT2D eigenvalue weighted by atomic mass is 19.4. The number of halogens is 5. The van der Waals surface area contributed by atoms with E-state index in [0.29, 0.717) is 7.05 Å². The van der Waals surface area contributed by atoms with Crippen molar-refractivity contribution >= 4 is 12.4 Å². The molecule has 1 unspecified atom stereocenters. The molecule has 0 aromatic heterocycles. The van der Waals surface area contributed by atoms with Gasteiger partial charge in [0, 0.05) is 7.05 Å². The van der Waals surface area contributed by atoms with E-state index in [0.717, 1.165) is 0 Å². The summed E-state index contributed by atoms with van der Waals surface area (Å²) in [6.45, 7) is 4.20. The normalized spacial score (nSPS) is 14.8. The molecule has 0 aromatic rings. The first-order valence-corrected chi connectivity index (χ1v) is 5.09. The van der Waals surface area contributed by atoms with Crippen LogP contribution < -0.4 is 0 Å². The van der Waals surface area contributed by atoms with Gasteiger partial charge in [-0.3, -0.25) is 4.90 Å². The van der Waals surface area contributed by atoms with Crippen molar-refractivity contribution in [2.24, 2.45) is 0 Å². The van der Waals surface area contributed by atoms with Crippen molar-refractivity contribution in [3.05, 3.63) is 0 Å². The standard InChI is InChI=1S/C10H14F5NO3/c1-8(2,3)19-7(18)16(4)6(5-17)9(11,12)10(13,14)15/h5-6H,1-4H3. The number of alkyl halides is 5. The Hall–Kier alpha value is -1.41.